The summed E-state index contributed by atoms with van der Waals surface area (Å²) in [4.78, 5) is 12.4. The van der Waals surface area contributed by atoms with Gasteiger partial charge >= 0.3 is 0 Å². The molecule has 0 heterocycles. The van der Waals surface area contributed by atoms with Crippen LogP contribution in [0.3, 0.4) is 0 Å². The first kappa shape index (κ1) is 13.1. The Kier molecular flexibility index (Phi) is 2.46. The number of rotatable bonds is 1. The van der Waals surface area contributed by atoms with Crippen LogP contribution < -0.4 is 0 Å². The predicted molar refractivity (Wildman–Crippen MR) is 83.6 cm³/mol. The van der Waals surface area contributed by atoms with E-state index in [1.54, 1.807) is 0 Å². The van der Waals surface area contributed by atoms with Crippen LogP contribution in [0.15, 0.2) is 28.7 Å². The standard InChI is InChI=1S/C18H21BrO/c1-16(2)8-3-9-17(18(16)11-15(18)20)10-14(17)12-4-6-13(19)7-5-12/h4-7,14H,3,8-11H2,1-2H3. The Morgan fingerprint density at radius 3 is 2.40 bits per heavy atom. The Hall–Kier alpha value is -0.630. The van der Waals surface area contributed by atoms with Crippen molar-refractivity contribution < 1.29 is 4.79 Å². The van der Waals surface area contributed by atoms with Gasteiger partial charge in [-0.1, -0.05) is 48.3 Å². The van der Waals surface area contributed by atoms with Crippen molar-refractivity contribution in [2.45, 2.75) is 51.9 Å². The van der Waals surface area contributed by atoms with Gasteiger partial charge in [0.15, 0.2) is 0 Å². The van der Waals surface area contributed by atoms with E-state index in [9.17, 15) is 4.79 Å². The fraction of sp³-hybridized carbons (Fsp3) is 0.611. The Morgan fingerprint density at radius 2 is 1.80 bits per heavy atom. The van der Waals surface area contributed by atoms with Crippen LogP contribution in [0.5, 0.6) is 0 Å². The normalized spacial score (nSPS) is 41.1. The molecule has 0 amide bonds. The summed E-state index contributed by atoms with van der Waals surface area (Å²) >= 11 is 3.51. The smallest absolute Gasteiger partial charge is 0.141 e. The molecule has 3 fully saturated rings. The van der Waals surface area contributed by atoms with Gasteiger partial charge in [-0.3, -0.25) is 4.79 Å². The summed E-state index contributed by atoms with van der Waals surface area (Å²) < 4.78 is 1.14. The molecular formula is C18H21BrO. The van der Waals surface area contributed by atoms with Gasteiger partial charge in [0.25, 0.3) is 0 Å². The van der Waals surface area contributed by atoms with Crippen LogP contribution in [-0.4, -0.2) is 5.78 Å². The molecule has 0 aromatic heterocycles. The lowest BCUT2D eigenvalue weighted by Gasteiger charge is -2.45. The predicted octanol–water partition coefficient (Wildman–Crippen LogP) is 5.09. The number of fused-ring (bicyclic) bond motifs is 1. The highest BCUT2D eigenvalue weighted by Crippen LogP contribution is 2.83. The molecule has 3 atom stereocenters. The molecule has 1 aromatic rings. The summed E-state index contributed by atoms with van der Waals surface area (Å²) in [7, 11) is 0. The van der Waals surface area contributed by atoms with E-state index in [0.717, 1.165) is 10.9 Å². The van der Waals surface area contributed by atoms with Crippen molar-refractivity contribution in [3.63, 3.8) is 0 Å². The van der Waals surface area contributed by atoms with Gasteiger partial charge in [0.2, 0.25) is 0 Å². The van der Waals surface area contributed by atoms with Gasteiger partial charge in [0.05, 0.1) is 0 Å². The topological polar surface area (TPSA) is 17.1 Å². The Morgan fingerprint density at radius 1 is 1.15 bits per heavy atom. The SMILES string of the molecule is CC1(C)CCCC2(CC2c2ccc(Br)cc2)C12CC2=O. The molecule has 1 aromatic carbocycles. The lowest BCUT2D eigenvalue weighted by Crippen LogP contribution is -2.40. The number of carbonyl (C=O) groups excluding carboxylic acids is 1. The van der Waals surface area contributed by atoms with E-state index in [-0.39, 0.29) is 10.8 Å². The first-order valence-electron chi connectivity index (χ1n) is 7.72. The van der Waals surface area contributed by atoms with Crippen LogP contribution in [0.2, 0.25) is 0 Å². The molecule has 3 aliphatic rings. The van der Waals surface area contributed by atoms with E-state index in [4.69, 9.17) is 0 Å². The van der Waals surface area contributed by atoms with Crippen molar-refractivity contribution in [1.82, 2.24) is 0 Å². The van der Waals surface area contributed by atoms with Crippen molar-refractivity contribution in [3.8, 4) is 0 Å². The van der Waals surface area contributed by atoms with Crippen molar-refractivity contribution in [2.75, 3.05) is 0 Å². The van der Waals surface area contributed by atoms with Gasteiger partial charge in [-0.15, -0.1) is 0 Å². The van der Waals surface area contributed by atoms with Gasteiger partial charge in [-0.05, 0) is 53.7 Å². The molecule has 106 valence electrons. The number of benzene rings is 1. The first-order chi connectivity index (χ1) is 9.43. The average molecular weight is 333 g/mol. The van der Waals surface area contributed by atoms with Crippen LogP contribution in [0.1, 0.15) is 57.4 Å². The number of hydrogen-bond donors (Lipinski definition) is 0. The molecule has 0 N–H and O–H groups in total. The summed E-state index contributed by atoms with van der Waals surface area (Å²) in [6, 6.07) is 8.75. The van der Waals surface area contributed by atoms with Gasteiger partial charge in [-0.2, -0.15) is 0 Å². The monoisotopic (exact) mass is 332 g/mol. The second kappa shape index (κ2) is 3.76. The Balaban J connectivity index is 1.72. The molecule has 4 rings (SSSR count). The van der Waals surface area contributed by atoms with Crippen LogP contribution in [0.4, 0.5) is 0 Å². The zero-order chi connectivity index (χ0) is 14.2. The zero-order valence-electron chi connectivity index (χ0n) is 12.2. The van der Waals surface area contributed by atoms with Crippen molar-refractivity contribution in [1.29, 1.82) is 0 Å². The van der Waals surface area contributed by atoms with E-state index in [0.29, 0.717) is 17.1 Å². The van der Waals surface area contributed by atoms with Crippen molar-refractivity contribution in [3.05, 3.63) is 34.3 Å². The second-order valence-corrected chi connectivity index (χ2v) is 8.62. The maximum Gasteiger partial charge on any atom is 0.141 e. The molecule has 0 bridgehead atoms. The molecule has 3 saturated carbocycles. The minimum Gasteiger partial charge on any atom is -0.299 e. The van der Waals surface area contributed by atoms with Gasteiger partial charge in [0, 0.05) is 16.3 Å². The van der Waals surface area contributed by atoms with E-state index in [2.05, 4.69) is 54.0 Å². The van der Waals surface area contributed by atoms with E-state index < -0.39 is 0 Å². The third-order valence-electron chi connectivity index (χ3n) is 6.55. The minimum atomic E-state index is 0.00991. The van der Waals surface area contributed by atoms with Crippen LogP contribution in [-0.2, 0) is 4.79 Å². The molecule has 0 aliphatic heterocycles. The zero-order valence-corrected chi connectivity index (χ0v) is 13.8. The highest BCUT2D eigenvalue weighted by Gasteiger charge is 2.81. The first-order valence-corrected chi connectivity index (χ1v) is 8.51. The fourth-order valence-electron chi connectivity index (χ4n) is 5.40. The quantitative estimate of drug-likeness (QED) is 0.699. The fourth-order valence-corrected chi connectivity index (χ4v) is 5.66. The highest BCUT2D eigenvalue weighted by molar-refractivity contribution is 9.10. The van der Waals surface area contributed by atoms with Gasteiger partial charge in [-0.25, -0.2) is 0 Å². The second-order valence-electron chi connectivity index (χ2n) is 7.71. The maximum atomic E-state index is 12.4. The number of halogens is 1. The van der Waals surface area contributed by atoms with Gasteiger partial charge < -0.3 is 0 Å². The Labute approximate surface area is 129 Å². The Bertz CT molecular complexity index is 588. The molecule has 20 heavy (non-hydrogen) atoms. The summed E-state index contributed by atoms with van der Waals surface area (Å²) in [6.45, 7) is 4.66. The molecular weight excluding hydrogens is 312 g/mol. The number of carbonyl (C=O) groups is 1. The summed E-state index contributed by atoms with van der Waals surface area (Å²) in [6.07, 6.45) is 5.82. The lowest BCUT2D eigenvalue weighted by molar-refractivity contribution is -0.119. The average Bonchev–Trinajstić information content (AvgIpc) is 3.25. The molecule has 3 unspecified atom stereocenters. The van der Waals surface area contributed by atoms with E-state index in [1.807, 2.05) is 0 Å². The van der Waals surface area contributed by atoms with Crippen LogP contribution in [0, 0.1) is 16.2 Å². The van der Waals surface area contributed by atoms with Crippen molar-refractivity contribution >= 4 is 21.7 Å². The molecule has 1 nitrogen and oxygen atoms in total. The molecule has 0 radical (unpaired) electrons. The minimum absolute atomic E-state index is 0.00991. The number of ketones is 1. The number of Topliss-reactive ketones (excluding diaryl/α,β-unsaturated/α-hetero) is 1. The summed E-state index contributed by atoms with van der Waals surface area (Å²) in [5, 5.41) is 0. The highest BCUT2D eigenvalue weighted by atomic mass is 79.9. The molecule has 2 heteroatoms. The van der Waals surface area contributed by atoms with Crippen LogP contribution >= 0.6 is 15.9 Å². The molecule has 0 saturated heterocycles. The third kappa shape index (κ3) is 1.41. The van der Waals surface area contributed by atoms with Gasteiger partial charge in [0.1, 0.15) is 5.78 Å². The molecule has 2 spiro atoms. The van der Waals surface area contributed by atoms with E-state index >= 15 is 0 Å². The van der Waals surface area contributed by atoms with E-state index in [1.165, 1.54) is 31.2 Å². The number of hydrogen-bond acceptors (Lipinski definition) is 1. The molecule has 3 aliphatic carbocycles. The largest absolute Gasteiger partial charge is 0.299 e. The summed E-state index contributed by atoms with van der Waals surface area (Å²) in [5.41, 5.74) is 1.94. The van der Waals surface area contributed by atoms with Crippen molar-refractivity contribution in [2.24, 2.45) is 16.2 Å². The van der Waals surface area contributed by atoms with Crippen LogP contribution in [0.25, 0.3) is 0 Å². The maximum absolute atomic E-state index is 12.4. The third-order valence-corrected chi connectivity index (χ3v) is 7.08. The lowest BCUT2D eigenvalue weighted by atomic mass is 9.57. The summed E-state index contributed by atoms with van der Waals surface area (Å²) in [5.74, 6) is 1.16.